The van der Waals surface area contributed by atoms with Gasteiger partial charge in [-0.05, 0) is 31.0 Å². The molecule has 1 fully saturated rings. The van der Waals surface area contributed by atoms with E-state index in [1.54, 1.807) is 10.6 Å². The topological polar surface area (TPSA) is 94.5 Å². The van der Waals surface area contributed by atoms with E-state index >= 15 is 0 Å². The molecule has 0 aliphatic heterocycles. The molecule has 0 spiro atoms. The molecule has 2 N–H and O–H groups in total. The van der Waals surface area contributed by atoms with Gasteiger partial charge in [-0.2, -0.15) is 4.99 Å². The second-order valence-corrected chi connectivity index (χ2v) is 8.00. The molecule has 1 heterocycles. The van der Waals surface area contributed by atoms with Crippen LogP contribution >= 0.6 is 11.3 Å². The molecule has 0 unspecified atom stereocenters. The zero-order valence-corrected chi connectivity index (χ0v) is 13.9. The van der Waals surface area contributed by atoms with Crippen molar-refractivity contribution in [2.24, 2.45) is 16.0 Å². The molecule has 0 atom stereocenters. The van der Waals surface area contributed by atoms with Crippen molar-refractivity contribution < 1.29 is 13.2 Å². The summed E-state index contributed by atoms with van der Waals surface area (Å²) in [5.74, 6) is 2.39. The van der Waals surface area contributed by atoms with Crippen LogP contribution in [0.4, 0.5) is 0 Å². The Bertz CT molecular complexity index is 989. The number of amides is 1. The van der Waals surface area contributed by atoms with Gasteiger partial charge in [0, 0.05) is 5.92 Å². The van der Waals surface area contributed by atoms with E-state index in [4.69, 9.17) is 11.6 Å². The molecule has 1 aromatic carbocycles. The Morgan fingerprint density at radius 3 is 2.78 bits per heavy atom. The number of hydrogen-bond acceptors (Lipinski definition) is 4. The number of terminal acetylenes is 1. The summed E-state index contributed by atoms with van der Waals surface area (Å²) in [6.07, 6.45) is 8.20. The predicted octanol–water partition coefficient (Wildman–Crippen LogP) is 1.21. The number of rotatable bonds is 3. The number of carbonyl (C=O) groups excluding carboxylic acids is 1. The first-order chi connectivity index (χ1) is 10.9. The van der Waals surface area contributed by atoms with Crippen LogP contribution in [0.2, 0.25) is 0 Å². The summed E-state index contributed by atoms with van der Waals surface area (Å²) in [7, 11) is -3.78. The van der Waals surface area contributed by atoms with Gasteiger partial charge in [0.25, 0.3) is 5.91 Å². The molecule has 1 aliphatic carbocycles. The van der Waals surface area contributed by atoms with Crippen LogP contribution < -0.4 is 9.94 Å². The van der Waals surface area contributed by atoms with Crippen LogP contribution in [-0.2, 0) is 21.4 Å². The van der Waals surface area contributed by atoms with Crippen molar-refractivity contribution in [3.05, 3.63) is 23.0 Å². The van der Waals surface area contributed by atoms with Crippen molar-refractivity contribution in [3.8, 4) is 12.3 Å². The average molecular weight is 349 g/mol. The zero-order valence-electron chi connectivity index (χ0n) is 12.2. The molecule has 23 heavy (non-hydrogen) atoms. The van der Waals surface area contributed by atoms with E-state index in [1.807, 2.05) is 0 Å². The minimum atomic E-state index is -3.78. The van der Waals surface area contributed by atoms with E-state index in [2.05, 4.69) is 10.9 Å². The summed E-state index contributed by atoms with van der Waals surface area (Å²) >= 11 is 1.23. The molecule has 1 saturated carbocycles. The molecule has 6 nitrogen and oxygen atoms in total. The van der Waals surface area contributed by atoms with Crippen molar-refractivity contribution in [1.82, 2.24) is 4.57 Å². The van der Waals surface area contributed by atoms with Crippen LogP contribution in [0.1, 0.15) is 19.3 Å². The first-order valence-electron chi connectivity index (χ1n) is 7.08. The Hall–Kier alpha value is -1.95. The number of nitrogens with zero attached hydrogens (tertiary/aromatic N) is 2. The van der Waals surface area contributed by atoms with Gasteiger partial charge in [0.05, 0.1) is 21.7 Å². The maximum absolute atomic E-state index is 12.1. The van der Waals surface area contributed by atoms with Gasteiger partial charge in [-0.1, -0.05) is 23.7 Å². The molecule has 1 aromatic heterocycles. The van der Waals surface area contributed by atoms with Gasteiger partial charge in [-0.3, -0.25) is 4.79 Å². The Morgan fingerprint density at radius 1 is 1.48 bits per heavy atom. The molecule has 8 heteroatoms. The van der Waals surface area contributed by atoms with E-state index in [1.165, 1.54) is 23.5 Å². The van der Waals surface area contributed by atoms with Crippen LogP contribution in [0.5, 0.6) is 0 Å². The predicted molar refractivity (Wildman–Crippen MR) is 87.9 cm³/mol. The first-order valence-corrected chi connectivity index (χ1v) is 9.44. The van der Waals surface area contributed by atoms with Crippen molar-refractivity contribution >= 4 is 37.5 Å². The van der Waals surface area contributed by atoms with Gasteiger partial charge >= 0.3 is 0 Å². The van der Waals surface area contributed by atoms with E-state index < -0.39 is 10.0 Å². The highest BCUT2D eigenvalue weighted by Gasteiger charge is 2.25. The second-order valence-electron chi connectivity index (χ2n) is 5.43. The van der Waals surface area contributed by atoms with E-state index in [9.17, 15) is 13.2 Å². The summed E-state index contributed by atoms with van der Waals surface area (Å²) < 4.78 is 25.4. The quantitative estimate of drug-likeness (QED) is 0.844. The molecular weight excluding hydrogens is 334 g/mol. The standard InChI is InChI=1S/C15H15N3O3S2/c1-2-8-18-12-7-6-11(23(16,20)21)9-13(12)22-15(18)17-14(19)10-4-3-5-10/h1,6-7,9-10H,3-5,8H2,(H2,16,20,21). The molecule has 3 rings (SSSR count). The van der Waals surface area contributed by atoms with Gasteiger partial charge in [-0.25, -0.2) is 13.6 Å². The smallest absolute Gasteiger partial charge is 0.251 e. The number of fused-ring (bicyclic) bond motifs is 1. The summed E-state index contributed by atoms with van der Waals surface area (Å²) in [6, 6.07) is 4.54. The molecule has 1 amide bonds. The summed E-state index contributed by atoms with van der Waals surface area (Å²) in [5, 5.41) is 5.16. The Labute approximate surface area is 137 Å². The molecule has 2 aromatic rings. The minimum Gasteiger partial charge on any atom is -0.305 e. The van der Waals surface area contributed by atoms with E-state index in [-0.39, 0.29) is 23.3 Å². The highest BCUT2D eigenvalue weighted by Crippen LogP contribution is 2.27. The van der Waals surface area contributed by atoms with Crippen LogP contribution in [0.25, 0.3) is 10.2 Å². The largest absolute Gasteiger partial charge is 0.305 e. The number of hydrogen-bond donors (Lipinski definition) is 1. The fourth-order valence-electron chi connectivity index (χ4n) is 2.40. The van der Waals surface area contributed by atoms with Crippen LogP contribution in [0.15, 0.2) is 28.1 Å². The molecule has 0 saturated heterocycles. The van der Waals surface area contributed by atoms with Crippen LogP contribution in [0.3, 0.4) is 0 Å². The van der Waals surface area contributed by atoms with Gasteiger partial charge in [0.1, 0.15) is 0 Å². The third-order valence-corrected chi connectivity index (χ3v) is 5.84. The van der Waals surface area contributed by atoms with Gasteiger partial charge in [0.2, 0.25) is 10.0 Å². The molecule has 120 valence electrons. The fourth-order valence-corrected chi connectivity index (χ4v) is 4.09. The second kappa shape index (κ2) is 5.92. The molecular formula is C15H15N3O3S2. The molecule has 1 aliphatic rings. The van der Waals surface area contributed by atoms with E-state index in [0.29, 0.717) is 9.50 Å². The number of primary sulfonamides is 1. The van der Waals surface area contributed by atoms with Gasteiger partial charge < -0.3 is 4.57 Å². The zero-order chi connectivity index (χ0) is 16.6. The normalized spacial score (nSPS) is 16.3. The number of nitrogens with two attached hydrogens (primary N) is 1. The Morgan fingerprint density at radius 2 is 2.22 bits per heavy atom. The van der Waals surface area contributed by atoms with E-state index in [0.717, 1.165) is 24.8 Å². The number of sulfonamides is 1. The van der Waals surface area contributed by atoms with Crippen molar-refractivity contribution in [3.63, 3.8) is 0 Å². The Kier molecular flexibility index (Phi) is 4.10. The summed E-state index contributed by atoms with van der Waals surface area (Å²) in [5.41, 5.74) is 0.737. The van der Waals surface area contributed by atoms with Crippen molar-refractivity contribution in [1.29, 1.82) is 0 Å². The summed E-state index contributed by atoms with van der Waals surface area (Å²) in [4.78, 5) is 16.8. The average Bonchev–Trinajstić information content (AvgIpc) is 2.73. The molecule has 0 radical (unpaired) electrons. The molecule has 0 bridgehead atoms. The lowest BCUT2D eigenvalue weighted by Crippen LogP contribution is -2.24. The lowest BCUT2D eigenvalue weighted by molar-refractivity contribution is -0.124. The minimum absolute atomic E-state index is 0.000483. The number of aromatic nitrogens is 1. The third-order valence-electron chi connectivity index (χ3n) is 3.89. The van der Waals surface area contributed by atoms with Gasteiger partial charge in [-0.15, -0.1) is 6.42 Å². The highest BCUT2D eigenvalue weighted by atomic mass is 32.2. The number of benzene rings is 1. The maximum Gasteiger partial charge on any atom is 0.251 e. The lowest BCUT2D eigenvalue weighted by Gasteiger charge is -2.20. The van der Waals surface area contributed by atoms with Crippen LogP contribution in [-0.4, -0.2) is 18.9 Å². The van der Waals surface area contributed by atoms with Gasteiger partial charge in [0.15, 0.2) is 4.80 Å². The fraction of sp³-hybridized carbons (Fsp3) is 0.333. The number of carbonyl (C=O) groups is 1. The van der Waals surface area contributed by atoms with Crippen molar-refractivity contribution in [2.45, 2.75) is 30.7 Å². The van der Waals surface area contributed by atoms with Crippen LogP contribution in [0, 0.1) is 18.3 Å². The first kappa shape index (κ1) is 15.9. The summed E-state index contributed by atoms with van der Waals surface area (Å²) in [6.45, 7) is 0.255. The Balaban J connectivity index is 2.17. The SMILES string of the molecule is C#CCn1c(=NC(=O)C2CCC2)sc2cc(S(N)(=O)=O)ccc21. The van der Waals surface area contributed by atoms with Crippen molar-refractivity contribution in [2.75, 3.05) is 0 Å². The lowest BCUT2D eigenvalue weighted by atomic mass is 9.85. The number of thiazole rings is 1. The maximum atomic E-state index is 12.1. The monoisotopic (exact) mass is 349 g/mol. The highest BCUT2D eigenvalue weighted by molar-refractivity contribution is 7.89. The third kappa shape index (κ3) is 3.08.